The molecule has 27 heavy (non-hydrogen) atoms. The number of morpholine rings is 1. The quantitative estimate of drug-likeness (QED) is 0.746. The Morgan fingerprint density at radius 1 is 0.963 bits per heavy atom. The number of aliphatic hydroxyl groups excluding tert-OH is 1. The Labute approximate surface area is 157 Å². The second kappa shape index (κ2) is 8.00. The molecule has 1 aliphatic rings. The number of fused-ring (bicyclic) bond motifs is 1. The SMILES string of the molecule is O=c1c2ccccc2c(-c2ccccc2)nn1CC(O)CN1CCOCC1. The lowest BCUT2D eigenvalue weighted by Gasteiger charge is -2.28. The first-order valence-electron chi connectivity index (χ1n) is 9.26. The molecular formula is C21H23N3O3. The summed E-state index contributed by atoms with van der Waals surface area (Å²) in [6, 6.07) is 17.3. The molecule has 1 atom stereocenters. The van der Waals surface area contributed by atoms with E-state index in [2.05, 4.69) is 10.00 Å². The number of benzene rings is 2. The molecule has 3 aromatic rings. The van der Waals surface area contributed by atoms with Gasteiger partial charge >= 0.3 is 0 Å². The van der Waals surface area contributed by atoms with Crippen molar-refractivity contribution in [1.29, 1.82) is 0 Å². The summed E-state index contributed by atoms with van der Waals surface area (Å²) in [5.74, 6) is 0. The molecule has 4 rings (SSSR count). The van der Waals surface area contributed by atoms with Crippen molar-refractivity contribution < 1.29 is 9.84 Å². The van der Waals surface area contributed by atoms with Gasteiger partial charge in [-0.25, -0.2) is 4.68 Å². The van der Waals surface area contributed by atoms with Gasteiger partial charge in [-0.05, 0) is 6.07 Å². The molecule has 1 aromatic heterocycles. The van der Waals surface area contributed by atoms with E-state index in [1.165, 1.54) is 4.68 Å². The van der Waals surface area contributed by atoms with Gasteiger partial charge < -0.3 is 9.84 Å². The summed E-state index contributed by atoms with van der Waals surface area (Å²) in [6.07, 6.45) is -0.668. The average molecular weight is 365 g/mol. The number of rotatable bonds is 5. The second-order valence-corrected chi connectivity index (χ2v) is 6.81. The molecule has 1 aliphatic heterocycles. The third-order valence-corrected chi connectivity index (χ3v) is 4.87. The smallest absolute Gasteiger partial charge is 0.274 e. The summed E-state index contributed by atoms with van der Waals surface area (Å²) < 4.78 is 6.74. The van der Waals surface area contributed by atoms with Crippen LogP contribution in [0.15, 0.2) is 59.4 Å². The highest BCUT2D eigenvalue weighted by Gasteiger charge is 2.18. The fourth-order valence-corrected chi connectivity index (χ4v) is 3.51. The Bertz CT molecular complexity index is 965. The van der Waals surface area contributed by atoms with Crippen LogP contribution in [0.4, 0.5) is 0 Å². The zero-order chi connectivity index (χ0) is 18.6. The lowest BCUT2D eigenvalue weighted by atomic mass is 10.1. The van der Waals surface area contributed by atoms with Crippen LogP contribution in [0.3, 0.4) is 0 Å². The molecule has 0 bridgehead atoms. The van der Waals surface area contributed by atoms with Crippen LogP contribution >= 0.6 is 0 Å². The fourth-order valence-electron chi connectivity index (χ4n) is 3.51. The highest BCUT2D eigenvalue weighted by atomic mass is 16.5. The number of ether oxygens (including phenoxy) is 1. The summed E-state index contributed by atoms with van der Waals surface area (Å²) in [6.45, 7) is 3.63. The van der Waals surface area contributed by atoms with E-state index in [9.17, 15) is 9.90 Å². The summed E-state index contributed by atoms with van der Waals surface area (Å²) in [5.41, 5.74) is 1.53. The van der Waals surface area contributed by atoms with Gasteiger partial charge in [0.25, 0.3) is 5.56 Å². The molecule has 6 nitrogen and oxygen atoms in total. The molecule has 140 valence electrons. The maximum Gasteiger partial charge on any atom is 0.274 e. The van der Waals surface area contributed by atoms with Crippen LogP contribution in [-0.4, -0.2) is 58.7 Å². The van der Waals surface area contributed by atoms with Gasteiger partial charge in [-0.15, -0.1) is 0 Å². The van der Waals surface area contributed by atoms with Gasteiger partial charge in [-0.1, -0.05) is 48.5 Å². The Hall–Kier alpha value is -2.54. The number of β-amino-alcohol motifs (C(OH)–C–C–N with tert-alkyl or cyclic N) is 1. The van der Waals surface area contributed by atoms with Gasteiger partial charge in [0.15, 0.2) is 0 Å². The molecule has 6 heteroatoms. The standard InChI is InChI=1S/C21H23N3O3/c25-17(14-23-10-12-27-13-11-23)15-24-21(26)19-9-5-4-8-18(19)20(22-24)16-6-2-1-3-7-16/h1-9,17,25H,10-15H2. The van der Waals surface area contributed by atoms with E-state index in [1.54, 1.807) is 0 Å². The molecule has 1 saturated heterocycles. The topological polar surface area (TPSA) is 67.6 Å². The third kappa shape index (κ3) is 3.93. The van der Waals surface area contributed by atoms with Crippen LogP contribution < -0.4 is 5.56 Å². The number of nitrogens with zero attached hydrogens (tertiary/aromatic N) is 3. The predicted octanol–water partition coefficient (Wildman–Crippen LogP) is 1.76. The molecule has 1 unspecified atom stereocenters. The molecule has 0 aliphatic carbocycles. The zero-order valence-corrected chi connectivity index (χ0v) is 15.1. The molecule has 0 amide bonds. The van der Waals surface area contributed by atoms with E-state index >= 15 is 0 Å². The largest absolute Gasteiger partial charge is 0.390 e. The predicted molar refractivity (Wildman–Crippen MR) is 105 cm³/mol. The summed E-state index contributed by atoms with van der Waals surface area (Å²) in [4.78, 5) is 15.0. The van der Waals surface area contributed by atoms with Crippen molar-refractivity contribution in [1.82, 2.24) is 14.7 Å². The molecule has 1 N–H and O–H groups in total. The lowest BCUT2D eigenvalue weighted by Crippen LogP contribution is -2.43. The maximum atomic E-state index is 12.9. The molecule has 1 fully saturated rings. The molecule has 0 spiro atoms. The van der Waals surface area contributed by atoms with Gasteiger partial charge in [0.2, 0.25) is 0 Å². The van der Waals surface area contributed by atoms with Gasteiger partial charge in [0, 0.05) is 30.6 Å². The van der Waals surface area contributed by atoms with Crippen LogP contribution in [0.5, 0.6) is 0 Å². The minimum Gasteiger partial charge on any atom is -0.390 e. The fraction of sp³-hybridized carbons (Fsp3) is 0.333. The van der Waals surface area contributed by atoms with E-state index in [0.717, 1.165) is 29.7 Å². The summed E-state index contributed by atoms with van der Waals surface area (Å²) in [7, 11) is 0. The van der Waals surface area contributed by atoms with Crippen molar-refractivity contribution >= 4 is 10.8 Å². The Balaban J connectivity index is 1.68. The van der Waals surface area contributed by atoms with Crippen molar-refractivity contribution in [3.8, 4) is 11.3 Å². The number of aromatic nitrogens is 2. The molecule has 0 radical (unpaired) electrons. The first-order valence-corrected chi connectivity index (χ1v) is 9.26. The highest BCUT2D eigenvalue weighted by Crippen LogP contribution is 2.24. The van der Waals surface area contributed by atoms with Crippen LogP contribution in [0.1, 0.15) is 0 Å². The second-order valence-electron chi connectivity index (χ2n) is 6.81. The third-order valence-electron chi connectivity index (χ3n) is 4.87. The van der Waals surface area contributed by atoms with Gasteiger partial charge in [-0.3, -0.25) is 9.69 Å². The normalized spacial score (nSPS) is 16.5. The monoisotopic (exact) mass is 365 g/mol. The number of hydrogen-bond donors (Lipinski definition) is 1. The van der Waals surface area contributed by atoms with Gasteiger partial charge in [0.05, 0.1) is 36.9 Å². The van der Waals surface area contributed by atoms with Gasteiger partial charge in [0.1, 0.15) is 0 Å². The minimum atomic E-state index is -0.668. The lowest BCUT2D eigenvalue weighted by molar-refractivity contribution is 0.0106. The van der Waals surface area contributed by atoms with E-state index in [-0.39, 0.29) is 12.1 Å². The summed E-state index contributed by atoms with van der Waals surface area (Å²) in [5, 5.41) is 16.6. The van der Waals surface area contributed by atoms with Crippen molar-refractivity contribution in [2.75, 3.05) is 32.8 Å². The number of hydrogen-bond acceptors (Lipinski definition) is 5. The maximum absolute atomic E-state index is 12.9. The Kier molecular flexibility index (Phi) is 5.29. The van der Waals surface area contributed by atoms with E-state index in [4.69, 9.17) is 4.74 Å². The van der Waals surface area contributed by atoms with Crippen LogP contribution in [-0.2, 0) is 11.3 Å². The first kappa shape index (κ1) is 17.9. The van der Waals surface area contributed by atoms with Crippen molar-refractivity contribution in [3.05, 3.63) is 65.0 Å². The van der Waals surface area contributed by atoms with Crippen LogP contribution in [0.2, 0.25) is 0 Å². The molecule has 2 heterocycles. The number of aliphatic hydroxyl groups is 1. The van der Waals surface area contributed by atoms with E-state index < -0.39 is 6.10 Å². The Morgan fingerprint density at radius 3 is 2.37 bits per heavy atom. The van der Waals surface area contributed by atoms with Crippen molar-refractivity contribution in [2.45, 2.75) is 12.6 Å². The zero-order valence-electron chi connectivity index (χ0n) is 15.1. The van der Waals surface area contributed by atoms with E-state index in [0.29, 0.717) is 25.1 Å². The molecular weight excluding hydrogens is 342 g/mol. The van der Waals surface area contributed by atoms with E-state index in [1.807, 2.05) is 54.6 Å². The molecule has 0 saturated carbocycles. The Morgan fingerprint density at radius 2 is 1.63 bits per heavy atom. The van der Waals surface area contributed by atoms with Crippen molar-refractivity contribution in [3.63, 3.8) is 0 Å². The summed E-state index contributed by atoms with van der Waals surface area (Å²) >= 11 is 0. The van der Waals surface area contributed by atoms with Crippen LogP contribution in [0.25, 0.3) is 22.0 Å². The average Bonchev–Trinajstić information content (AvgIpc) is 2.71. The minimum absolute atomic E-state index is 0.168. The highest BCUT2D eigenvalue weighted by molar-refractivity contribution is 5.93. The molecule has 2 aromatic carbocycles. The first-order chi connectivity index (χ1) is 13.2. The van der Waals surface area contributed by atoms with Crippen LogP contribution in [0, 0.1) is 0 Å². The van der Waals surface area contributed by atoms with Crippen molar-refractivity contribution in [2.24, 2.45) is 0 Å². The van der Waals surface area contributed by atoms with Gasteiger partial charge in [-0.2, -0.15) is 5.10 Å².